The van der Waals surface area contributed by atoms with Crippen LogP contribution in [0.15, 0.2) is 41.6 Å². The van der Waals surface area contributed by atoms with E-state index in [0.717, 1.165) is 16.0 Å². The van der Waals surface area contributed by atoms with Gasteiger partial charge in [0, 0.05) is 22.9 Å². The van der Waals surface area contributed by atoms with Crippen LogP contribution in [0.25, 0.3) is 11.1 Å². The van der Waals surface area contributed by atoms with Crippen LogP contribution in [-0.4, -0.2) is 28.3 Å². The number of hydrogen-bond acceptors (Lipinski definition) is 5. The largest absolute Gasteiger partial charge is 0.461 e. The number of ether oxygens (including phenoxy) is 1. The van der Waals surface area contributed by atoms with Crippen molar-refractivity contribution in [1.82, 2.24) is 9.97 Å². The Morgan fingerprint density at radius 1 is 1.06 bits per heavy atom. The highest BCUT2D eigenvalue weighted by Gasteiger charge is 2.00. The molecule has 1 heterocycles. The molecule has 0 saturated carbocycles. The van der Waals surface area contributed by atoms with Gasteiger partial charge in [0.2, 0.25) is 0 Å². The number of aliphatic hydroxyl groups excluding tert-OH is 1. The molecular weight excluding hydrogens is 236 g/mol. The van der Waals surface area contributed by atoms with Crippen LogP contribution in [0.1, 0.15) is 0 Å². The highest BCUT2D eigenvalue weighted by Crippen LogP contribution is 2.20. The summed E-state index contributed by atoms with van der Waals surface area (Å²) in [5.74, 6) is 0. The lowest BCUT2D eigenvalue weighted by molar-refractivity contribution is 0.191. The fourth-order valence-electron chi connectivity index (χ4n) is 1.33. The summed E-state index contributed by atoms with van der Waals surface area (Å²) < 4.78 is 5.08. The molecule has 0 fully saturated rings. The summed E-state index contributed by atoms with van der Waals surface area (Å²) in [7, 11) is 0. The normalized spacial score (nSPS) is 10.2. The van der Waals surface area contributed by atoms with E-state index in [1.54, 1.807) is 12.4 Å². The Labute approximate surface area is 105 Å². The second-order valence-electron chi connectivity index (χ2n) is 3.37. The zero-order chi connectivity index (χ0) is 12.1. The first-order chi connectivity index (χ1) is 8.29. The predicted octanol–water partition coefficient (Wildman–Crippen LogP) is 1.80. The Balaban J connectivity index is 2.14. The smallest absolute Gasteiger partial charge is 0.316 e. The van der Waals surface area contributed by atoms with E-state index in [9.17, 15) is 0 Å². The molecule has 1 aromatic heterocycles. The monoisotopic (exact) mass is 248 g/mol. The third-order valence-electron chi connectivity index (χ3n) is 2.15. The van der Waals surface area contributed by atoms with E-state index in [1.807, 2.05) is 24.3 Å². The van der Waals surface area contributed by atoms with Gasteiger partial charge in [0.25, 0.3) is 0 Å². The second-order valence-corrected chi connectivity index (χ2v) is 3.89. The van der Waals surface area contributed by atoms with E-state index in [-0.39, 0.29) is 19.2 Å². The van der Waals surface area contributed by atoms with Crippen molar-refractivity contribution in [1.29, 1.82) is 0 Å². The molecule has 0 aliphatic rings. The SMILES string of the molecule is OCCOc1ncc(-c2ccc(S)cc2)cn1. The van der Waals surface area contributed by atoms with Crippen molar-refractivity contribution < 1.29 is 9.84 Å². The number of aromatic nitrogens is 2. The molecule has 5 heteroatoms. The molecule has 0 radical (unpaired) electrons. The van der Waals surface area contributed by atoms with Gasteiger partial charge < -0.3 is 9.84 Å². The van der Waals surface area contributed by atoms with Gasteiger partial charge in [-0.1, -0.05) is 12.1 Å². The van der Waals surface area contributed by atoms with Crippen molar-refractivity contribution >= 4 is 12.6 Å². The van der Waals surface area contributed by atoms with Gasteiger partial charge in [0.15, 0.2) is 0 Å². The fraction of sp³-hybridized carbons (Fsp3) is 0.167. The maximum absolute atomic E-state index is 8.60. The van der Waals surface area contributed by atoms with E-state index >= 15 is 0 Å². The average molecular weight is 248 g/mol. The second kappa shape index (κ2) is 5.65. The van der Waals surface area contributed by atoms with Crippen molar-refractivity contribution in [2.24, 2.45) is 0 Å². The number of hydrogen-bond donors (Lipinski definition) is 2. The van der Waals surface area contributed by atoms with Crippen LogP contribution < -0.4 is 4.74 Å². The zero-order valence-corrected chi connectivity index (χ0v) is 9.97. The van der Waals surface area contributed by atoms with Gasteiger partial charge in [0.1, 0.15) is 6.61 Å². The Kier molecular flexibility index (Phi) is 3.95. The van der Waals surface area contributed by atoms with Crippen LogP contribution in [0.4, 0.5) is 0 Å². The predicted molar refractivity (Wildman–Crippen MR) is 67.3 cm³/mol. The minimum Gasteiger partial charge on any atom is -0.461 e. The molecule has 1 N–H and O–H groups in total. The van der Waals surface area contributed by atoms with E-state index in [1.165, 1.54) is 0 Å². The van der Waals surface area contributed by atoms with Crippen LogP contribution in [0.3, 0.4) is 0 Å². The van der Waals surface area contributed by atoms with Crippen LogP contribution in [0.2, 0.25) is 0 Å². The van der Waals surface area contributed by atoms with Crippen molar-refractivity contribution in [3.63, 3.8) is 0 Å². The summed E-state index contributed by atoms with van der Waals surface area (Å²) >= 11 is 4.22. The Bertz CT molecular complexity index is 471. The van der Waals surface area contributed by atoms with Gasteiger partial charge in [-0.3, -0.25) is 0 Å². The first-order valence-electron chi connectivity index (χ1n) is 5.14. The molecular formula is C12H12N2O2S. The summed E-state index contributed by atoms with van der Waals surface area (Å²) in [5.41, 5.74) is 1.94. The Morgan fingerprint density at radius 2 is 1.71 bits per heavy atom. The van der Waals surface area contributed by atoms with Gasteiger partial charge in [-0.25, -0.2) is 9.97 Å². The molecule has 0 bridgehead atoms. The summed E-state index contributed by atoms with van der Waals surface area (Å²) in [6.07, 6.45) is 3.38. The molecule has 0 aliphatic heterocycles. The molecule has 2 rings (SSSR count). The van der Waals surface area contributed by atoms with Crippen molar-refractivity contribution in [2.75, 3.05) is 13.2 Å². The van der Waals surface area contributed by atoms with Gasteiger partial charge in [-0.15, -0.1) is 12.6 Å². The zero-order valence-electron chi connectivity index (χ0n) is 9.08. The lowest BCUT2D eigenvalue weighted by atomic mass is 10.1. The maximum atomic E-state index is 8.60. The standard InChI is InChI=1S/C12H12N2O2S/c15-5-6-16-12-13-7-10(8-14-12)9-1-3-11(17)4-2-9/h1-4,7-8,15,17H,5-6H2. The summed E-state index contributed by atoms with van der Waals surface area (Å²) in [6.45, 7) is 0.155. The van der Waals surface area contributed by atoms with Gasteiger partial charge >= 0.3 is 6.01 Å². The van der Waals surface area contributed by atoms with Gasteiger partial charge in [0.05, 0.1) is 6.61 Å². The van der Waals surface area contributed by atoms with Crippen LogP contribution in [0, 0.1) is 0 Å². The van der Waals surface area contributed by atoms with E-state index < -0.39 is 0 Å². The molecule has 0 unspecified atom stereocenters. The van der Waals surface area contributed by atoms with Gasteiger partial charge in [-0.2, -0.15) is 0 Å². The first kappa shape index (κ1) is 11.9. The molecule has 0 amide bonds. The molecule has 0 spiro atoms. The number of thiol groups is 1. The quantitative estimate of drug-likeness (QED) is 0.810. The van der Waals surface area contributed by atoms with E-state index in [0.29, 0.717) is 0 Å². The molecule has 1 aromatic carbocycles. The minimum absolute atomic E-state index is 0.0471. The third kappa shape index (κ3) is 3.18. The lowest BCUT2D eigenvalue weighted by Crippen LogP contribution is -2.04. The highest BCUT2D eigenvalue weighted by molar-refractivity contribution is 7.80. The number of benzene rings is 1. The molecule has 17 heavy (non-hydrogen) atoms. The minimum atomic E-state index is -0.0471. The maximum Gasteiger partial charge on any atom is 0.316 e. The number of rotatable bonds is 4. The van der Waals surface area contributed by atoms with Crippen molar-refractivity contribution in [3.05, 3.63) is 36.7 Å². The Hall–Kier alpha value is -1.59. The summed E-state index contributed by atoms with van der Waals surface area (Å²) in [5, 5.41) is 8.60. The number of nitrogens with zero attached hydrogens (tertiary/aromatic N) is 2. The summed E-state index contributed by atoms with van der Waals surface area (Å²) in [6, 6.07) is 8.00. The van der Waals surface area contributed by atoms with E-state index in [2.05, 4.69) is 22.6 Å². The van der Waals surface area contributed by atoms with Gasteiger partial charge in [-0.05, 0) is 17.7 Å². The van der Waals surface area contributed by atoms with Crippen LogP contribution >= 0.6 is 12.6 Å². The van der Waals surface area contributed by atoms with Crippen molar-refractivity contribution in [3.8, 4) is 17.1 Å². The van der Waals surface area contributed by atoms with Crippen molar-refractivity contribution in [2.45, 2.75) is 4.90 Å². The van der Waals surface area contributed by atoms with Crippen LogP contribution in [0.5, 0.6) is 6.01 Å². The molecule has 4 nitrogen and oxygen atoms in total. The lowest BCUT2D eigenvalue weighted by Gasteiger charge is -2.04. The molecule has 88 valence electrons. The molecule has 0 aliphatic carbocycles. The number of aliphatic hydroxyl groups is 1. The van der Waals surface area contributed by atoms with E-state index in [4.69, 9.17) is 9.84 Å². The Morgan fingerprint density at radius 3 is 2.29 bits per heavy atom. The molecule has 0 atom stereocenters. The topological polar surface area (TPSA) is 55.2 Å². The highest BCUT2D eigenvalue weighted by atomic mass is 32.1. The molecule has 2 aromatic rings. The van der Waals surface area contributed by atoms with Crippen LogP contribution in [-0.2, 0) is 0 Å². The average Bonchev–Trinajstić information content (AvgIpc) is 2.38. The molecule has 0 saturated heterocycles. The fourth-order valence-corrected chi connectivity index (χ4v) is 1.48. The first-order valence-corrected chi connectivity index (χ1v) is 5.59. The summed E-state index contributed by atoms with van der Waals surface area (Å²) in [4.78, 5) is 9.02. The third-order valence-corrected chi connectivity index (χ3v) is 2.45.